The number of rotatable bonds is 3. The smallest absolute Gasteiger partial charge is 0.302 e. The van der Waals surface area contributed by atoms with Gasteiger partial charge in [0.25, 0.3) is 6.50 Å². The zero-order chi connectivity index (χ0) is 26.9. The Morgan fingerprint density at radius 2 is 2.65 bits per heavy atom. The highest BCUT2D eigenvalue weighted by atomic mass is 16.2. The average Bonchev–Trinajstić information content (AvgIpc) is 3.16. The van der Waals surface area contributed by atoms with E-state index < -0.39 is 62.8 Å². The number of likely N-dealkylation sites (tertiary alicyclic amines) is 1. The van der Waals surface area contributed by atoms with Gasteiger partial charge in [0, 0.05) is 35.8 Å². The molecular weight excluding hydrogens is 292 g/mol. The predicted molar refractivity (Wildman–Crippen MR) is 87.9 cm³/mol. The molecule has 120 valence electrons. The molecule has 0 aliphatic carbocycles. The van der Waals surface area contributed by atoms with Crippen LogP contribution in [0.1, 0.15) is 29.7 Å². The van der Waals surface area contributed by atoms with Crippen molar-refractivity contribution in [1.29, 1.82) is 0 Å². The molecule has 1 N–H and O–H groups in total. The van der Waals surface area contributed by atoms with Crippen molar-refractivity contribution in [1.82, 2.24) is 19.9 Å². The second kappa shape index (κ2) is 6.24. The van der Waals surface area contributed by atoms with Crippen molar-refractivity contribution in [3.05, 3.63) is 30.0 Å². The Labute approximate surface area is 152 Å². The van der Waals surface area contributed by atoms with Crippen LogP contribution >= 0.6 is 0 Å². The molecule has 1 aliphatic heterocycles. The zero-order valence-electron chi connectivity index (χ0n) is 24.0. The van der Waals surface area contributed by atoms with Crippen molar-refractivity contribution in [2.45, 2.75) is 19.3 Å². The second-order valence-electron chi connectivity index (χ2n) is 4.74. The minimum absolute atomic E-state index is 0.0221. The number of hydrogen-bond donors (Lipinski definition) is 1. The minimum Gasteiger partial charge on any atom is -0.354 e. The largest absolute Gasteiger partial charge is 0.354 e. The van der Waals surface area contributed by atoms with Gasteiger partial charge in [-0.25, -0.2) is 16.5 Å². The molecule has 1 aliphatic rings. The number of likely N-dealkylation sites (N-methyl/N-ethyl adjacent to an activating group) is 1. The first kappa shape index (κ1) is 6.48. The number of piperidine rings is 1. The summed E-state index contributed by atoms with van der Waals surface area (Å²) >= 11 is 0. The molecule has 2 aromatic heterocycles. The number of aromatic amines is 1. The second-order valence-corrected chi connectivity index (χ2v) is 4.74. The Balaban J connectivity index is 2.38. The fourth-order valence-corrected chi connectivity index (χ4v) is 2.14. The molecule has 3 rings (SSSR count). The van der Waals surface area contributed by atoms with Crippen molar-refractivity contribution in [2.75, 3.05) is 31.4 Å². The van der Waals surface area contributed by atoms with E-state index >= 15 is 0 Å². The van der Waals surface area contributed by atoms with Crippen molar-refractivity contribution in [2.24, 2.45) is 5.92 Å². The summed E-state index contributed by atoms with van der Waals surface area (Å²) < 4.78 is 98.1. The van der Waals surface area contributed by atoms with Gasteiger partial charge < -0.3 is 19.6 Å². The van der Waals surface area contributed by atoms with E-state index in [2.05, 4.69) is 19.8 Å². The molecule has 7 nitrogen and oxygen atoms in total. The van der Waals surface area contributed by atoms with Gasteiger partial charge in [0.2, 0.25) is 0 Å². The third-order valence-corrected chi connectivity index (χ3v) is 3.28. The van der Waals surface area contributed by atoms with E-state index in [1.54, 1.807) is 0 Å². The highest BCUT2D eigenvalue weighted by molar-refractivity contribution is 5.87. The predicted octanol–water partition coefficient (Wildman–Crippen LogP) is 1.55. The zero-order valence-corrected chi connectivity index (χ0v) is 12.0. The maximum atomic E-state index is 12.9. The maximum absolute atomic E-state index is 12.9. The number of H-pyrrole nitrogens is 1. The number of fused-ring (bicyclic) bond motifs is 1. The van der Waals surface area contributed by atoms with E-state index in [1.165, 1.54) is 12.3 Å². The van der Waals surface area contributed by atoms with Crippen LogP contribution in [0.3, 0.4) is 0 Å². The molecule has 1 fully saturated rings. The monoisotopic (exact) mass is 324 g/mol. The molecule has 2 aromatic rings. The Hall–Kier alpha value is -2.62. The van der Waals surface area contributed by atoms with Gasteiger partial charge in [0.1, 0.15) is 21.9 Å². The molecule has 0 saturated carbocycles. The molecule has 7 heteroatoms. The third kappa shape index (κ3) is 2.84. The highest BCUT2D eigenvalue weighted by Gasteiger charge is 2.33. The van der Waals surface area contributed by atoms with E-state index in [4.69, 9.17) is 23.0 Å². The van der Waals surface area contributed by atoms with Gasteiger partial charge in [-0.15, -0.1) is 0 Å². The van der Waals surface area contributed by atoms with E-state index in [1.807, 2.05) is 0 Å². The summed E-state index contributed by atoms with van der Waals surface area (Å²) in [6, 6.07) is -0.827. The lowest BCUT2D eigenvalue weighted by Crippen LogP contribution is -2.53. The Kier molecular flexibility index (Phi) is 1.76. The molecule has 0 radical (unpaired) electrons. The topological polar surface area (TPSA) is 69.5 Å². The Bertz CT molecular complexity index is 1200. The number of nitrogens with zero attached hydrogens (tertiary/aromatic N) is 5. The van der Waals surface area contributed by atoms with Crippen LogP contribution < -0.4 is 4.90 Å². The molecule has 2 atom stereocenters. The lowest BCUT2D eigenvalue weighted by Gasteiger charge is -2.41. The van der Waals surface area contributed by atoms with E-state index in [0.717, 1.165) is 6.92 Å². The van der Waals surface area contributed by atoms with Gasteiger partial charge in [-0.1, -0.05) is 6.92 Å². The van der Waals surface area contributed by atoms with Crippen molar-refractivity contribution in [3.63, 3.8) is 0 Å². The van der Waals surface area contributed by atoms with Crippen LogP contribution in [0.5, 0.6) is 0 Å². The number of amides is 1. The quantitative estimate of drug-likeness (QED) is 0.870. The SMILES string of the molecule is [2H]c1nc(N([C@@H]2[C@H](C)C([2H])([2H])C([2H])([2H])N(C(=O)C([2H])([2H])[N+]#[C-])C2([2H])[2H])C([2H])([2H])[2H])c2cc[nH]c2n1. The lowest BCUT2D eigenvalue weighted by atomic mass is 9.92. The van der Waals surface area contributed by atoms with Gasteiger partial charge in [-0.2, -0.15) is 0 Å². The number of aromatic nitrogens is 3. The summed E-state index contributed by atoms with van der Waals surface area (Å²) in [7, 11) is 0. The van der Waals surface area contributed by atoms with Gasteiger partial charge >= 0.3 is 5.91 Å². The van der Waals surface area contributed by atoms with Crippen LogP contribution in [0.2, 0.25) is 0 Å². The first-order chi connectivity index (χ1) is 15.7. The number of nitrogens with one attached hydrogen (secondary N) is 1. The molecule has 1 amide bonds. The van der Waals surface area contributed by atoms with Crippen molar-refractivity contribution < 1.29 is 21.2 Å². The molecule has 3 heterocycles. The Morgan fingerprint density at radius 3 is 3.43 bits per heavy atom. The Morgan fingerprint density at radius 1 is 1.78 bits per heavy atom. The van der Waals surface area contributed by atoms with Crippen molar-refractivity contribution >= 4 is 22.8 Å². The fraction of sp³-hybridized carbons (Fsp3) is 0.500. The molecule has 0 aromatic carbocycles. The van der Waals surface area contributed by atoms with Gasteiger partial charge in [0.05, 0.1) is 14.2 Å². The van der Waals surface area contributed by atoms with E-state index in [0.29, 0.717) is 4.90 Å². The van der Waals surface area contributed by atoms with Gasteiger partial charge in [0.15, 0.2) is 0 Å². The van der Waals surface area contributed by atoms with Crippen LogP contribution in [-0.2, 0) is 4.79 Å². The standard InChI is InChI=1S/C16H20N6O/c1-11-5-7-22(14(23)8-17-2)9-13(11)21(3)16-12-4-6-18-15(12)19-10-20-16/h4,6,10-11,13H,5,7-9H2,1,3H3,(H,18,19,20)/t11-,13+/m1/s1/i3D3,5D2,7D2,8D2,9D2,10D. The number of hydrogen-bond acceptors (Lipinski definition) is 4. The van der Waals surface area contributed by atoms with Crippen LogP contribution in [0.25, 0.3) is 15.9 Å². The summed E-state index contributed by atoms with van der Waals surface area (Å²) in [5.74, 6) is -4.28. The van der Waals surface area contributed by atoms with E-state index in [9.17, 15) is 4.79 Å². The molecule has 1 saturated heterocycles. The number of anilines is 1. The summed E-state index contributed by atoms with van der Waals surface area (Å²) in [5.41, 5.74) is 0.0221. The fourth-order valence-electron chi connectivity index (χ4n) is 2.14. The van der Waals surface area contributed by atoms with Gasteiger partial charge in [-0.05, 0) is 18.4 Å². The average molecular weight is 324 g/mol. The first-order valence-electron chi connectivity index (χ1n) is 12.6. The normalized spacial score (nSPS) is 36.6. The summed E-state index contributed by atoms with van der Waals surface area (Å²) in [4.78, 5) is 25.7. The molecule has 0 unspecified atom stereocenters. The lowest BCUT2D eigenvalue weighted by molar-refractivity contribution is -0.130. The maximum Gasteiger partial charge on any atom is 0.302 e. The minimum atomic E-state index is -3.49. The van der Waals surface area contributed by atoms with Gasteiger partial charge in [-0.3, -0.25) is 4.79 Å². The molecule has 23 heavy (non-hydrogen) atoms. The van der Waals surface area contributed by atoms with Crippen LogP contribution in [0.4, 0.5) is 5.82 Å². The van der Waals surface area contributed by atoms with Crippen molar-refractivity contribution in [3.8, 4) is 0 Å². The molecular formula is C16H20N6O. The van der Waals surface area contributed by atoms with Crippen LogP contribution in [0.15, 0.2) is 18.6 Å². The highest BCUT2D eigenvalue weighted by Crippen LogP contribution is 2.28. The third-order valence-electron chi connectivity index (χ3n) is 3.28. The number of carbonyl (C=O) groups is 1. The summed E-state index contributed by atoms with van der Waals surface area (Å²) in [6.45, 7) is -5.60. The summed E-state index contributed by atoms with van der Waals surface area (Å²) in [5, 5.41) is 0.0311. The van der Waals surface area contributed by atoms with Crippen LogP contribution in [0, 0.1) is 12.5 Å². The molecule has 0 bridgehead atoms. The van der Waals surface area contributed by atoms with Crippen LogP contribution in [-0.4, -0.2) is 58.3 Å². The molecule has 0 spiro atoms. The first-order valence-corrected chi connectivity index (χ1v) is 6.57. The summed E-state index contributed by atoms with van der Waals surface area (Å²) in [6.07, 6.45) is -2.42. The van der Waals surface area contributed by atoms with E-state index in [-0.39, 0.29) is 15.9 Å². The number of carbonyl (C=O) groups excluding carboxylic acids is 1.